The van der Waals surface area contributed by atoms with Gasteiger partial charge < -0.3 is 5.73 Å². The first-order valence-electron chi connectivity index (χ1n) is 5.36. The van der Waals surface area contributed by atoms with Gasteiger partial charge in [0, 0.05) is 18.6 Å². The Bertz CT molecular complexity index is 315. The number of fused-ring (bicyclic) bond motifs is 1. The van der Waals surface area contributed by atoms with Crippen LogP contribution in [0.3, 0.4) is 0 Å². The van der Waals surface area contributed by atoms with Gasteiger partial charge >= 0.3 is 0 Å². The van der Waals surface area contributed by atoms with Crippen LogP contribution in [-0.4, -0.2) is 9.97 Å². The van der Waals surface area contributed by atoms with Gasteiger partial charge in [-0.3, -0.25) is 9.97 Å². The van der Waals surface area contributed by atoms with Gasteiger partial charge in [-0.1, -0.05) is 0 Å². The molecule has 14 heavy (non-hydrogen) atoms. The predicted molar refractivity (Wildman–Crippen MR) is 53.3 cm³/mol. The highest BCUT2D eigenvalue weighted by molar-refractivity contribution is 5.08. The summed E-state index contributed by atoms with van der Waals surface area (Å²) in [5.74, 6) is 2.63. The number of rotatable bonds is 2. The third-order valence-corrected chi connectivity index (χ3v) is 3.71. The van der Waals surface area contributed by atoms with Crippen LogP contribution in [-0.2, 0) is 0 Å². The average Bonchev–Trinajstić information content (AvgIpc) is 2.86. The van der Waals surface area contributed by atoms with E-state index in [9.17, 15) is 0 Å². The lowest BCUT2D eigenvalue weighted by molar-refractivity contribution is 0.397. The van der Waals surface area contributed by atoms with E-state index in [1.807, 2.05) is 0 Å². The molecule has 0 saturated heterocycles. The van der Waals surface area contributed by atoms with E-state index in [1.165, 1.54) is 19.3 Å². The van der Waals surface area contributed by atoms with Crippen LogP contribution >= 0.6 is 0 Å². The van der Waals surface area contributed by atoms with Crippen LogP contribution in [0.1, 0.15) is 31.0 Å². The van der Waals surface area contributed by atoms with Crippen LogP contribution in [0.4, 0.5) is 0 Å². The zero-order valence-corrected chi connectivity index (χ0v) is 8.13. The first kappa shape index (κ1) is 8.36. The molecule has 0 aromatic carbocycles. The van der Waals surface area contributed by atoms with Crippen LogP contribution in [0, 0.1) is 17.8 Å². The molecule has 3 unspecified atom stereocenters. The largest absolute Gasteiger partial charge is 0.322 e. The second-order valence-corrected chi connectivity index (χ2v) is 4.64. The first-order valence-corrected chi connectivity index (χ1v) is 5.36. The summed E-state index contributed by atoms with van der Waals surface area (Å²) in [6.45, 7) is 0. The Morgan fingerprint density at radius 2 is 2.00 bits per heavy atom. The van der Waals surface area contributed by atoms with E-state index in [0.717, 1.165) is 17.5 Å². The fraction of sp³-hybridized carbons (Fsp3) is 0.636. The van der Waals surface area contributed by atoms with Gasteiger partial charge in [-0.15, -0.1) is 0 Å². The Morgan fingerprint density at radius 3 is 2.64 bits per heavy atom. The molecular weight excluding hydrogens is 174 g/mol. The van der Waals surface area contributed by atoms with Gasteiger partial charge in [-0.05, 0) is 37.0 Å². The fourth-order valence-electron chi connectivity index (χ4n) is 2.78. The van der Waals surface area contributed by atoms with Crippen molar-refractivity contribution in [2.24, 2.45) is 23.5 Å². The molecule has 0 bridgehead atoms. The summed E-state index contributed by atoms with van der Waals surface area (Å²) in [5.41, 5.74) is 7.14. The third kappa shape index (κ3) is 1.32. The summed E-state index contributed by atoms with van der Waals surface area (Å²) in [6, 6.07) is 0.108. The van der Waals surface area contributed by atoms with Crippen molar-refractivity contribution in [2.45, 2.75) is 25.3 Å². The lowest BCUT2D eigenvalue weighted by atomic mass is 9.93. The highest BCUT2D eigenvalue weighted by Gasteiger charge is 2.47. The van der Waals surface area contributed by atoms with Crippen LogP contribution in [0.25, 0.3) is 0 Å². The van der Waals surface area contributed by atoms with Crippen molar-refractivity contribution in [3.63, 3.8) is 0 Å². The Morgan fingerprint density at radius 1 is 1.21 bits per heavy atom. The van der Waals surface area contributed by atoms with Gasteiger partial charge in [0.1, 0.15) is 0 Å². The number of aromatic nitrogens is 2. The predicted octanol–water partition coefficient (Wildman–Crippen LogP) is 1.52. The highest BCUT2D eigenvalue weighted by Crippen LogP contribution is 2.56. The summed E-state index contributed by atoms with van der Waals surface area (Å²) in [4.78, 5) is 8.34. The SMILES string of the molecule is NC(c1cnccn1)C1CC2CC2C1. The van der Waals surface area contributed by atoms with E-state index < -0.39 is 0 Å². The monoisotopic (exact) mass is 189 g/mol. The summed E-state index contributed by atoms with van der Waals surface area (Å²) in [5, 5.41) is 0. The van der Waals surface area contributed by atoms with Gasteiger partial charge in [0.25, 0.3) is 0 Å². The zero-order chi connectivity index (χ0) is 9.54. The van der Waals surface area contributed by atoms with E-state index in [1.54, 1.807) is 18.6 Å². The summed E-state index contributed by atoms with van der Waals surface area (Å²) < 4.78 is 0. The molecule has 3 heteroatoms. The quantitative estimate of drug-likeness (QED) is 0.767. The molecule has 2 saturated carbocycles. The molecule has 0 aliphatic heterocycles. The minimum atomic E-state index is 0.108. The fourth-order valence-corrected chi connectivity index (χ4v) is 2.78. The van der Waals surface area contributed by atoms with Crippen molar-refractivity contribution >= 4 is 0 Å². The molecule has 1 aromatic rings. The lowest BCUT2D eigenvalue weighted by Gasteiger charge is -2.19. The molecule has 0 spiro atoms. The Balaban J connectivity index is 1.73. The van der Waals surface area contributed by atoms with E-state index >= 15 is 0 Å². The maximum atomic E-state index is 6.18. The second-order valence-electron chi connectivity index (χ2n) is 4.64. The topological polar surface area (TPSA) is 51.8 Å². The number of nitrogens with two attached hydrogens (primary N) is 1. The van der Waals surface area contributed by atoms with E-state index in [4.69, 9.17) is 5.73 Å². The molecule has 74 valence electrons. The number of hydrogen-bond acceptors (Lipinski definition) is 3. The van der Waals surface area contributed by atoms with Crippen molar-refractivity contribution in [1.29, 1.82) is 0 Å². The van der Waals surface area contributed by atoms with Crippen molar-refractivity contribution in [2.75, 3.05) is 0 Å². The van der Waals surface area contributed by atoms with E-state index in [2.05, 4.69) is 9.97 Å². The molecule has 2 fully saturated rings. The van der Waals surface area contributed by atoms with Crippen LogP contribution < -0.4 is 5.73 Å². The van der Waals surface area contributed by atoms with Gasteiger partial charge in [0.05, 0.1) is 11.7 Å². The summed E-state index contributed by atoms with van der Waals surface area (Å²) in [7, 11) is 0. The van der Waals surface area contributed by atoms with Gasteiger partial charge in [-0.25, -0.2) is 0 Å². The van der Waals surface area contributed by atoms with Crippen molar-refractivity contribution in [3.8, 4) is 0 Å². The van der Waals surface area contributed by atoms with E-state index in [0.29, 0.717) is 5.92 Å². The smallest absolute Gasteiger partial charge is 0.0756 e. The van der Waals surface area contributed by atoms with Crippen molar-refractivity contribution in [3.05, 3.63) is 24.3 Å². The number of hydrogen-bond donors (Lipinski definition) is 1. The Labute approximate surface area is 83.8 Å². The zero-order valence-electron chi connectivity index (χ0n) is 8.13. The molecular formula is C11H15N3. The minimum Gasteiger partial charge on any atom is -0.322 e. The first-order chi connectivity index (χ1) is 6.84. The van der Waals surface area contributed by atoms with Crippen LogP contribution in [0.5, 0.6) is 0 Å². The van der Waals surface area contributed by atoms with Crippen LogP contribution in [0.15, 0.2) is 18.6 Å². The van der Waals surface area contributed by atoms with Crippen molar-refractivity contribution < 1.29 is 0 Å². The highest BCUT2D eigenvalue weighted by atomic mass is 14.8. The molecule has 0 amide bonds. The second kappa shape index (κ2) is 3.02. The lowest BCUT2D eigenvalue weighted by Crippen LogP contribution is -2.21. The third-order valence-electron chi connectivity index (χ3n) is 3.71. The van der Waals surface area contributed by atoms with E-state index in [-0.39, 0.29) is 6.04 Å². The molecule has 3 atom stereocenters. The van der Waals surface area contributed by atoms with Gasteiger partial charge in [0.15, 0.2) is 0 Å². The minimum absolute atomic E-state index is 0.108. The Hall–Kier alpha value is -0.960. The maximum absolute atomic E-state index is 6.18. The molecule has 1 heterocycles. The summed E-state index contributed by atoms with van der Waals surface area (Å²) >= 11 is 0. The molecule has 3 rings (SSSR count). The summed E-state index contributed by atoms with van der Waals surface area (Å²) in [6.07, 6.45) is 9.29. The number of nitrogens with zero attached hydrogens (tertiary/aromatic N) is 2. The molecule has 3 nitrogen and oxygen atoms in total. The molecule has 2 N–H and O–H groups in total. The standard InChI is InChI=1S/C11H15N3/c12-11(10-6-13-1-2-14-10)9-4-7-3-8(7)5-9/h1-2,6-9,11H,3-5,12H2. The molecule has 2 aliphatic carbocycles. The van der Waals surface area contributed by atoms with Gasteiger partial charge in [0.2, 0.25) is 0 Å². The molecule has 0 radical (unpaired) electrons. The normalized spacial score (nSPS) is 36.5. The van der Waals surface area contributed by atoms with Crippen LogP contribution in [0.2, 0.25) is 0 Å². The molecule has 2 aliphatic rings. The average molecular weight is 189 g/mol. The Kier molecular flexibility index (Phi) is 1.80. The molecule has 1 aromatic heterocycles. The maximum Gasteiger partial charge on any atom is 0.0756 e. The van der Waals surface area contributed by atoms with Gasteiger partial charge in [-0.2, -0.15) is 0 Å². The van der Waals surface area contributed by atoms with Crippen molar-refractivity contribution in [1.82, 2.24) is 9.97 Å².